The summed E-state index contributed by atoms with van der Waals surface area (Å²) < 4.78 is 13.3. The van der Waals surface area contributed by atoms with Crippen LogP contribution in [0.1, 0.15) is 48.0 Å². The van der Waals surface area contributed by atoms with Gasteiger partial charge in [0.25, 0.3) is 5.91 Å². The van der Waals surface area contributed by atoms with E-state index >= 15 is 0 Å². The van der Waals surface area contributed by atoms with Crippen molar-refractivity contribution < 1.29 is 14.0 Å². The lowest BCUT2D eigenvalue weighted by Gasteiger charge is -2.33. The van der Waals surface area contributed by atoms with Gasteiger partial charge in [-0.2, -0.15) is 0 Å². The van der Waals surface area contributed by atoms with Crippen molar-refractivity contribution in [3.05, 3.63) is 65.5 Å². The molecule has 4 rings (SSSR count). The van der Waals surface area contributed by atoms with E-state index < -0.39 is 6.04 Å². The van der Waals surface area contributed by atoms with Gasteiger partial charge in [-0.3, -0.25) is 9.59 Å². The Kier molecular flexibility index (Phi) is 5.35. The van der Waals surface area contributed by atoms with Gasteiger partial charge in [0.2, 0.25) is 5.91 Å². The van der Waals surface area contributed by atoms with Gasteiger partial charge < -0.3 is 10.2 Å². The summed E-state index contributed by atoms with van der Waals surface area (Å²) in [5.74, 6) is 2.07. The maximum atomic E-state index is 13.3. The molecule has 148 valence electrons. The van der Waals surface area contributed by atoms with Crippen LogP contribution in [0, 0.1) is 24.1 Å². The molecule has 0 unspecified atom stereocenters. The molecule has 4 nitrogen and oxygen atoms in total. The SMILES string of the molecule is C#Cc1cccc(NC(=O)[C@@H]2C[C@@H]3CCCC[C@@H]3N2C(=O)c2ccc(F)cc2)c1. The van der Waals surface area contributed by atoms with Crippen molar-refractivity contribution in [2.24, 2.45) is 5.92 Å². The molecule has 29 heavy (non-hydrogen) atoms. The van der Waals surface area contributed by atoms with Crippen molar-refractivity contribution in [3.8, 4) is 12.3 Å². The third-order valence-corrected chi connectivity index (χ3v) is 6.01. The van der Waals surface area contributed by atoms with E-state index in [0.29, 0.717) is 29.2 Å². The highest BCUT2D eigenvalue weighted by molar-refractivity contribution is 6.02. The van der Waals surface area contributed by atoms with E-state index in [1.165, 1.54) is 24.3 Å². The topological polar surface area (TPSA) is 49.4 Å². The van der Waals surface area contributed by atoms with Crippen molar-refractivity contribution in [2.75, 3.05) is 5.32 Å². The number of nitrogens with zero attached hydrogens (tertiary/aromatic N) is 1. The van der Waals surface area contributed by atoms with Gasteiger partial charge in [-0.15, -0.1) is 6.42 Å². The number of fused-ring (bicyclic) bond motifs is 1. The summed E-state index contributed by atoms with van der Waals surface area (Å²) in [6.07, 6.45) is 10.2. The third-order valence-electron chi connectivity index (χ3n) is 6.01. The summed E-state index contributed by atoms with van der Waals surface area (Å²) in [5, 5.41) is 2.93. The maximum Gasteiger partial charge on any atom is 0.254 e. The second-order valence-corrected chi connectivity index (χ2v) is 7.80. The quantitative estimate of drug-likeness (QED) is 0.798. The number of halogens is 1. The van der Waals surface area contributed by atoms with E-state index in [-0.39, 0.29) is 23.7 Å². The summed E-state index contributed by atoms with van der Waals surface area (Å²) in [6, 6.07) is 12.1. The molecule has 2 fully saturated rings. The molecule has 1 heterocycles. The monoisotopic (exact) mass is 390 g/mol. The standard InChI is InChI=1S/C24H23FN2O2/c1-2-16-6-5-8-20(14-16)26-23(28)22-15-18-7-3-4-9-21(18)27(22)24(29)17-10-12-19(25)13-11-17/h1,5-6,8,10-14,18,21-22H,3-4,7,9,15H2,(H,26,28)/t18-,21-,22-/m0/s1. The summed E-state index contributed by atoms with van der Waals surface area (Å²) in [6.45, 7) is 0. The van der Waals surface area contributed by atoms with Gasteiger partial charge >= 0.3 is 0 Å². The molecule has 1 saturated heterocycles. The highest BCUT2D eigenvalue weighted by Crippen LogP contribution is 2.40. The number of benzene rings is 2. The van der Waals surface area contributed by atoms with Crippen LogP contribution in [0.2, 0.25) is 0 Å². The van der Waals surface area contributed by atoms with Crippen molar-refractivity contribution in [1.29, 1.82) is 0 Å². The minimum atomic E-state index is -0.546. The van der Waals surface area contributed by atoms with Crippen LogP contribution in [0.3, 0.4) is 0 Å². The average molecular weight is 390 g/mol. The lowest BCUT2D eigenvalue weighted by molar-refractivity contribution is -0.120. The molecule has 2 aliphatic rings. The van der Waals surface area contributed by atoms with Crippen LogP contribution in [-0.2, 0) is 4.79 Å². The van der Waals surface area contributed by atoms with E-state index in [9.17, 15) is 14.0 Å². The summed E-state index contributed by atoms with van der Waals surface area (Å²) in [5.41, 5.74) is 1.71. The Labute approximate surface area is 170 Å². The van der Waals surface area contributed by atoms with Gasteiger partial charge in [0, 0.05) is 22.9 Å². The van der Waals surface area contributed by atoms with E-state index in [2.05, 4.69) is 11.2 Å². The van der Waals surface area contributed by atoms with Gasteiger partial charge in [0.15, 0.2) is 0 Å². The fourth-order valence-electron chi connectivity index (χ4n) is 4.64. The number of carbonyl (C=O) groups excluding carboxylic acids is 2. The van der Waals surface area contributed by atoms with Crippen LogP contribution < -0.4 is 5.32 Å². The Balaban J connectivity index is 1.60. The summed E-state index contributed by atoms with van der Waals surface area (Å²) in [7, 11) is 0. The molecule has 1 N–H and O–H groups in total. The van der Waals surface area contributed by atoms with Gasteiger partial charge in [-0.25, -0.2) is 4.39 Å². The molecular weight excluding hydrogens is 367 g/mol. The number of hydrogen-bond donors (Lipinski definition) is 1. The normalized spacial score (nSPS) is 23.2. The summed E-state index contributed by atoms with van der Waals surface area (Å²) in [4.78, 5) is 28.2. The van der Waals surface area contributed by atoms with Gasteiger partial charge in [-0.1, -0.05) is 24.8 Å². The molecule has 1 aliphatic heterocycles. The third kappa shape index (κ3) is 3.88. The largest absolute Gasteiger partial charge is 0.324 e. The fourth-order valence-corrected chi connectivity index (χ4v) is 4.64. The van der Waals surface area contributed by atoms with E-state index in [4.69, 9.17) is 6.42 Å². The minimum Gasteiger partial charge on any atom is -0.324 e. The molecule has 0 bridgehead atoms. The molecule has 0 radical (unpaired) electrons. The van der Waals surface area contributed by atoms with Crippen LogP contribution >= 0.6 is 0 Å². The molecule has 0 spiro atoms. The zero-order chi connectivity index (χ0) is 20.4. The van der Waals surface area contributed by atoms with E-state index in [1.807, 2.05) is 0 Å². The average Bonchev–Trinajstić information content (AvgIpc) is 3.13. The van der Waals surface area contributed by atoms with E-state index in [0.717, 1.165) is 25.7 Å². The molecule has 2 amide bonds. The number of carbonyl (C=O) groups is 2. The number of likely N-dealkylation sites (tertiary alicyclic amines) is 1. The number of terminal acetylenes is 1. The van der Waals surface area contributed by atoms with Crippen LogP contribution in [-0.4, -0.2) is 28.8 Å². The second kappa shape index (κ2) is 8.08. The lowest BCUT2D eigenvalue weighted by atomic mass is 9.84. The van der Waals surface area contributed by atoms with Gasteiger partial charge in [0.1, 0.15) is 11.9 Å². The maximum absolute atomic E-state index is 13.3. The molecule has 1 aliphatic carbocycles. The second-order valence-electron chi connectivity index (χ2n) is 7.80. The van der Waals surface area contributed by atoms with Crippen LogP contribution in [0.5, 0.6) is 0 Å². The van der Waals surface area contributed by atoms with Crippen LogP contribution in [0.4, 0.5) is 10.1 Å². The zero-order valence-corrected chi connectivity index (χ0v) is 16.1. The first-order chi connectivity index (χ1) is 14.1. The van der Waals surface area contributed by atoms with E-state index in [1.54, 1.807) is 29.2 Å². The Morgan fingerprint density at radius 3 is 2.62 bits per heavy atom. The van der Waals surface area contributed by atoms with Crippen LogP contribution in [0.15, 0.2) is 48.5 Å². The number of anilines is 1. The smallest absolute Gasteiger partial charge is 0.254 e. The first-order valence-electron chi connectivity index (χ1n) is 10.0. The Morgan fingerprint density at radius 2 is 1.86 bits per heavy atom. The highest BCUT2D eigenvalue weighted by atomic mass is 19.1. The first-order valence-corrected chi connectivity index (χ1v) is 10.0. The predicted octanol–water partition coefficient (Wildman–Crippen LogP) is 4.22. The molecule has 1 saturated carbocycles. The molecule has 5 heteroatoms. The minimum absolute atomic E-state index is 0.0501. The van der Waals surface area contributed by atoms with Crippen molar-refractivity contribution >= 4 is 17.5 Å². The van der Waals surface area contributed by atoms with Gasteiger partial charge in [0.05, 0.1) is 0 Å². The molecule has 2 aromatic carbocycles. The Bertz CT molecular complexity index is 964. The number of nitrogens with one attached hydrogen (secondary N) is 1. The fraction of sp³-hybridized carbons (Fsp3) is 0.333. The number of amides is 2. The predicted molar refractivity (Wildman–Crippen MR) is 110 cm³/mol. The molecular formula is C24H23FN2O2. The van der Waals surface area contributed by atoms with Crippen molar-refractivity contribution in [2.45, 2.75) is 44.2 Å². The number of hydrogen-bond acceptors (Lipinski definition) is 2. The lowest BCUT2D eigenvalue weighted by Crippen LogP contribution is -2.47. The van der Waals surface area contributed by atoms with Crippen molar-refractivity contribution in [1.82, 2.24) is 4.90 Å². The van der Waals surface area contributed by atoms with Crippen LogP contribution in [0.25, 0.3) is 0 Å². The van der Waals surface area contributed by atoms with Gasteiger partial charge in [-0.05, 0) is 67.6 Å². The zero-order valence-electron chi connectivity index (χ0n) is 16.1. The Morgan fingerprint density at radius 1 is 1.10 bits per heavy atom. The first kappa shape index (κ1) is 19.2. The number of rotatable bonds is 3. The highest BCUT2D eigenvalue weighted by Gasteiger charge is 2.47. The molecule has 2 aromatic rings. The molecule has 3 atom stereocenters. The molecule has 0 aromatic heterocycles. The van der Waals surface area contributed by atoms with Crippen molar-refractivity contribution in [3.63, 3.8) is 0 Å². The summed E-state index contributed by atoms with van der Waals surface area (Å²) >= 11 is 0. The Hall–Kier alpha value is -3.13.